The highest BCUT2D eigenvalue weighted by Gasteiger charge is 2.32. The van der Waals surface area contributed by atoms with Crippen molar-refractivity contribution in [3.05, 3.63) is 0 Å². The van der Waals surface area contributed by atoms with E-state index in [1.165, 1.54) is 4.90 Å². The number of carbonyl (C=O) groups excluding carboxylic acids is 1. The zero-order valence-electron chi connectivity index (χ0n) is 10.3. The Balaban J connectivity index is 2.33. The van der Waals surface area contributed by atoms with Crippen molar-refractivity contribution in [1.29, 1.82) is 0 Å². The molecular formula is C10H19F3N4O. The second kappa shape index (κ2) is 6.35. The Labute approximate surface area is 104 Å². The fourth-order valence-electron chi connectivity index (χ4n) is 1.97. The Morgan fingerprint density at radius 2 is 1.78 bits per heavy atom. The molecule has 8 heteroatoms. The van der Waals surface area contributed by atoms with E-state index in [1.807, 2.05) is 4.90 Å². The van der Waals surface area contributed by atoms with Gasteiger partial charge in [0, 0.05) is 32.7 Å². The highest BCUT2D eigenvalue weighted by Crippen LogP contribution is 2.17. The van der Waals surface area contributed by atoms with Gasteiger partial charge in [0.05, 0.1) is 12.6 Å². The molecule has 0 saturated carbocycles. The second-order valence-corrected chi connectivity index (χ2v) is 4.44. The largest absolute Gasteiger partial charge is 0.401 e. The molecule has 18 heavy (non-hydrogen) atoms. The molecule has 0 bridgehead atoms. The molecule has 0 aromatic rings. The van der Waals surface area contributed by atoms with Gasteiger partial charge in [0.25, 0.3) is 0 Å². The van der Waals surface area contributed by atoms with E-state index in [2.05, 4.69) is 5.32 Å². The first-order valence-electron chi connectivity index (χ1n) is 5.80. The van der Waals surface area contributed by atoms with Gasteiger partial charge in [-0.2, -0.15) is 13.2 Å². The number of amides is 1. The lowest BCUT2D eigenvalue weighted by molar-refractivity contribution is -0.149. The van der Waals surface area contributed by atoms with Gasteiger partial charge in [-0.05, 0) is 7.05 Å². The van der Waals surface area contributed by atoms with Crippen LogP contribution in [0.15, 0.2) is 0 Å². The molecule has 1 heterocycles. The predicted molar refractivity (Wildman–Crippen MR) is 61.0 cm³/mol. The summed E-state index contributed by atoms with van der Waals surface area (Å²) in [6, 6.07) is -0.459. The molecule has 0 aromatic heterocycles. The van der Waals surface area contributed by atoms with E-state index >= 15 is 0 Å². The zero-order chi connectivity index (χ0) is 13.8. The second-order valence-electron chi connectivity index (χ2n) is 4.44. The summed E-state index contributed by atoms with van der Waals surface area (Å²) in [6.07, 6.45) is -4.15. The van der Waals surface area contributed by atoms with Crippen molar-refractivity contribution < 1.29 is 18.0 Å². The van der Waals surface area contributed by atoms with E-state index in [1.54, 1.807) is 7.05 Å². The molecule has 1 saturated heterocycles. The number of nitrogens with one attached hydrogen (secondary N) is 1. The van der Waals surface area contributed by atoms with Crippen LogP contribution in [0.1, 0.15) is 0 Å². The molecule has 0 radical (unpaired) electrons. The van der Waals surface area contributed by atoms with Crippen LogP contribution in [0.25, 0.3) is 0 Å². The summed E-state index contributed by atoms with van der Waals surface area (Å²) in [5, 5.41) is 2.79. The molecular weight excluding hydrogens is 249 g/mol. The number of primary amides is 1. The highest BCUT2D eigenvalue weighted by molar-refractivity contribution is 5.80. The molecule has 1 unspecified atom stereocenters. The van der Waals surface area contributed by atoms with E-state index in [9.17, 15) is 18.0 Å². The molecule has 106 valence electrons. The summed E-state index contributed by atoms with van der Waals surface area (Å²) < 4.78 is 36.5. The lowest BCUT2D eigenvalue weighted by atomic mass is 10.2. The Morgan fingerprint density at radius 1 is 1.28 bits per heavy atom. The van der Waals surface area contributed by atoms with Crippen LogP contribution in [-0.4, -0.2) is 74.2 Å². The van der Waals surface area contributed by atoms with E-state index < -0.39 is 24.7 Å². The summed E-state index contributed by atoms with van der Waals surface area (Å²) in [6.45, 7) is 1.31. The number of nitrogens with two attached hydrogens (primary N) is 1. The fraction of sp³-hybridized carbons (Fsp3) is 0.900. The molecule has 1 atom stereocenters. The first-order chi connectivity index (χ1) is 8.31. The monoisotopic (exact) mass is 268 g/mol. The van der Waals surface area contributed by atoms with Crippen LogP contribution in [0.3, 0.4) is 0 Å². The number of rotatable bonds is 5. The van der Waals surface area contributed by atoms with Gasteiger partial charge in [-0.25, -0.2) is 0 Å². The molecule has 1 fully saturated rings. The van der Waals surface area contributed by atoms with Gasteiger partial charge >= 0.3 is 6.18 Å². The van der Waals surface area contributed by atoms with Crippen molar-refractivity contribution >= 4 is 5.91 Å². The third-order valence-electron chi connectivity index (χ3n) is 3.00. The maximum Gasteiger partial charge on any atom is 0.401 e. The van der Waals surface area contributed by atoms with Crippen LogP contribution >= 0.6 is 0 Å². The Bertz CT molecular complexity index is 277. The Morgan fingerprint density at radius 3 is 2.17 bits per heavy atom. The molecule has 0 spiro atoms. The van der Waals surface area contributed by atoms with Crippen molar-refractivity contribution in [2.75, 3.05) is 46.3 Å². The molecule has 1 aliphatic heterocycles. The molecule has 0 aliphatic carbocycles. The molecule has 0 aromatic carbocycles. The average molecular weight is 268 g/mol. The van der Waals surface area contributed by atoms with Gasteiger partial charge in [-0.15, -0.1) is 0 Å². The first kappa shape index (κ1) is 15.2. The van der Waals surface area contributed by atoms with Gasteiger partial charge in [-0.1, -0.05) is 0 Å². The van der Waals surface area contributed by atoms with Crippen LogP contribution in [0.4, 0.5) is 13.2 Å². The number of alkyl halides is 3. The van der Waals surface area contributed by atoms with Crippen molar-refractivity contribution in [2.24, 2.45) is 5.73 Å². The summed E-state index contributed by atoms with van der Waals surface area (Å²) in [7, 11) is 1.63. The number of hydrogen-bond donors (Lipinski definition) is 2. The van der Waals surface area contributed by atoms with E-state index in [-0.39, 0.29) is 0 Å². The average Bonchev–Trinajstić information content (AvgIpc) is 2.25. The van der Waals surface area contributed by atoms with Crippen molar-refractivity contribution in [3.8, 4) is 0 Å². The van der Waals surface area contributed by atoms with E-state index in [4.69, 9.17) is 5.73 Å². The number of likely N-dealkylation sites (N-methyl/N-ethyl adjacent to an activating group) is 1. The standard InChI is InChI=1S/C10H19F3N4O/c1-15-8(9(14)18)6-16-2-4-17(5-3-16)7-10(11,12)13/h8,15H,2-7H2,1H3,(H2,14,18). The number of piperazine rings is 1. The lowest BCUT2D eigenvalue weighted by Crippen LogP contribution is -2.54. The van der Waals surface area contributed by atoms with Crippen molar-refractivity contribution in [1.82, 2.24) is 15.1 Å². The Kier molecular flexibility index (Phi) is 5.36. The number of hydrogen-bond acceptors (Lipinski definition) is 4. The minimum atomic E-state index is -4.15. The third kappa shape index (κ3) is 5.19. The van der Waals surface area contributed by atoms with Crippen LogP contribution in [0.2, 0.25) is 0 Å². The van der Waals surface area contributed by atoms with E-state index in [0.717, 1.165) is 0 Å². The van der Waals surface area contributed by atoms with Gasteiger partial charge in [0.2, 0.25) is 5.91 Å². The van der Waals surface area contributed by atoms with Crippen LogP contribution in [0.5, 0.6) is 0 Å². The normalized spacial score (nSPS) is 20.9. The van der Waals surface area contributed by atoms with Crippen LogP contribution in [-0.2, 0) is 4.79 Å². The zero-order valence-corrected chi connectivity index (χ0v) is 10.3. The number of halogens is 3. The predicted octanol–water partition coefficient (Wildman–Crippen LogP) is -0.760. The molecule has 1 amide bonds. The van der Waals surface area contributed by atoms with Crippen molar-refractivity contribution in [2.45, 2.75) is 12.2 Å². The smallest absolute Gasteiger partial charge is 0.368 e. The molecule has 1 aliphatic rings. The van der Waals surface area contributed by atoms with Gasteiger partial charge < -0.3 is 11.1 Å². The molecule has 1 rings (SSSR count). The summed E-state index contributed by atoms with van der Waals surface area (Å²) in [5.74, 6) is -0.449. The SMILES string of the molecule is CNC(CN1CCN(CC(F)(F)F)CC1)C(N)=O. The quantitative estimate of drug-likeness (QED) is 0.688. The van der Waals surface area contributed by atoms with Crippen LogP contribution in [0, 0.1) is 0 Å². The summed E-state index contributed by atoms with van der Waals surface area (Å²) in [5.41, 5.74) is 5.19. The maximum absolute atomic E-state index is 12.2. The summed E-state index contributed by atoms with van der Waals surface area (Å²) in [4.78, 5) is 14.3. The van der Waals surface area contributed by atoms with Crippen LogP contribution < -0.4 is 11.1 Å². The van der Waals surface area contributed by atoms with Gasteiger partial charge in [0.15, 0.2) is 0 Å². The fourth-order valence-corrected chi connectivity index (χ4v) is 1.97. The molecule has 3 N–H and O–H groups in total. The van der Waals surface area contributed by atoms with Gasteiger partial charge in [-0.3, -0.25) is 14.6 Å². The minimum Gasteiger partial charge on any atom is -0.368 e. The third-order valence-corrected chi connectivity index (χ3v) is 3.00. The van der Waals surface area contributed by atoms with Gasteiger partial charge in [0.1, 0.15) is 0 Å². The van der Waals surface area contributed by atoms with E-state index in [0.29, 0.717) is 32.7 Å². The molecule has 5 nitrogen and oxygen atoms in total. The number of carbonyl (C=O) groups is 1. The van der Waals surface area contributed by atoms with Crippen molar-refractivity contribution in [3.63, 3.8) is 0 Å². The maximum atomic E-state index is 12.2. The number of nitrogens with zero attached hydrogens (tertiary/aromatic N) is 2. The first-order valence-corrected chi connectivity index (χ1v) is 5.80. The summed E-state index contributed by atoms with van der Waals surface area (Å²) >= 11 is 0. The Hall–Kier alpha value is -0.860. The lowest BCUT2D eigenvalue weighted by Gasteiger charge is -2.36. The topological polar surface area (TPSA) is 61.6 Å². The highest BCUT2D eigenvalue weighted by atomic mass is 19.4. The minimum absolute atomic E-state index is 0.356.